The number of nitrogens with zero attached hydrogens (tertiary/aromatic N) is 5. The highest BCUT2D eigenvalue weighted by Gasteiger charge is 2.28. The molecule has 0 radical (unpaired) electrons. The molecule has 0 aliphatic rings. The van der Waals surface area contributed by atoms with E-state index in [1.165, 1.54) is 64.1 Å². The molecule has 248 valence electrons. The first-order valence-electron chi connectivity index (χ1n) is 13.9. The topological polar surface area (TPSA) is 218 Å². The monoisotopic (exact) mass is 687 g/mol. The van der Waals surface area contributed by atoms with E-state index in [0.29, 0.717) is 0 Å². The Labute approximate surface area is 267 Å². The molecule has 15 nitrogen and oxygen atoms in total. The van der Waals surface area contributed by atoms with Crippen LogP contribution in [0.25, 0.3) is 0 Å². The van der Waals surface area contributed by atoms with Crippen molar-refractivity contribution in [1.29, 1.82) is 0 Å². The number of nitrogens with one attached hydrogen (secondary N) is 2. The molecule has 45 heavy (non-hydrogen) atoms. The highest BCUT2D eigenvalue weighted by Crippen LogP contribution is 2.25. The van der Waals surface area contributed by atoms with Crippen LogP contribution in [0.15, 0.2) is 58.3 Å². The number of halogens is 1. The summed E-state index contributed by atoms with van der Waals surface area (Å²) in [4.78, 5) is 12.1. The molecular weight excluding hydrogens is 650 g/mol. The van der Waals surface area contributed by atoms with Crippen LogP contribution in [0, 0.1) is 0 Å². The zero-order valence-corrected chi connectivity index (χ0v) is 27.5. The van der Waals surface area contributed by atoms with Gasteiger partial charge in [-0.15, -0.1) is 0 Å². The Bertz CT molecular complexity index is 1520. The summed E-state index contributed by atoms with van der Waals surface area (Å²) in [5.41, 5.74) is 0.561. The molecule has 6 N–H and O–H groups in total. The molecule has 0 saturated heterocycles. The molecule has 1 heterocycles. The highest BCUT2D eigenvalue weighted by molar-refractivity contribution is 7.89. The number of hydrogen-bond donors (Lipinski definition) is 6. The minimum Gasteiger partial charge on any atom is -0.392 e. The van der Waals surface area contributed by atoms with Crippen molar-refractivity contribution >= 4 is 54.9 Å². The van der Waals surface area contributed by atoms with Crippen molar-refractivity contribution in [3.05, 3.63) is 53.8 Å². The summed E-state index contributed by atoms with van der Waals surface area (Å²) < 4.78 is 55.2. The number of aliphatic hydroxyl groups is 4. The van der Waals surface area contributed by atoms with Gasteiger partial charge in [-0.05, 0) is 75.7 Å². The lowest BCUT2D eigenvalue weighted by molar-refractivity contribution is 0.124. The lowest BCUT2D eigenvalue weighted by Crippen LogP contribution is -2.40. The van der Waals surface area contributed by atoms with Gasteiger partial charge in [0.05, 0.1) is 34.2 Å². The van der Waals surface area contributed by atoms with Crippen molar-refractivity contribution in [2.45, 2.75) is 61.9 Å². The summed E-state index contributed by atoms with van der Waals surface area (Å²) in [6, 6.07) is 11.5. The molecule has 18 heteroatoms. The maximum Gasteiger partial charge on any atom is 0.243 e. The SMILES string of the molecule is CC(O)CN(CC(C)O)S(=O)(=O)c1cccc(Nc2nc(Cl)nc(Nc3cccc(S(=O)(=O)N(CC(C)O)CC(C)O)c3)n2)c1. The van der Waals surface area contributed by atoms with Crippen molar-refractivity contribution in [2.75, 3.05) is 36.8 Å². The van der Waals surface area contributed by atoms with E-state index < -0.39 is 44.5 Å². The van der Waals surface area contributed by atoms with Crippen molar-refractivity contribution in [3.63, 3.8) is 0 Å². The first-order valence-corrected chi connectivity index (χ1v) is 17.1. The molecule has 0 saturated carbocycles. The molecule has 4 atom stereocenters. The third-order valence-electron chi connectivity index (χ3n) is 5.94. The lowest BCUT2D eigenvalue weighted by atomic mass is 10.3. The minimum absolute atomic E-state index is 0.0549. The molecule has 0 fully saturated rings. The maximum absolute atomic E-state index is 13.3. The summed E-state index contributed by atoms with van der Waals surface area (Å²) in [6.07, 6.45) is -3.87. The molecule has 2 aromatic carbocycles. The minimum atomic E-state index is -4.10. The second-order valence-corrected chi connectivity index (χ2v) is 14.8. The van der Waals surface area contributed by atoms with Gasteiger partial charge in [0.1, 0.15) is 0 Å². The predicted octanol–water partition coefficient (Wildman–Crippen LogP) is 1.52. The molecule has 0 aliphatic heterocycles. The van der Waals surface area contributed by atoms with Gasteiger partial charge in [-0.25, -0.2) is 16.8 Å². The van der Waals surface area contributed by atoms with Gasteiger partial charge in [-0.2, -0.15) is 23.6 Å². The van der Waals surface area contributed by atoms with Gasteiger partial charge in [0, 0.05) is 37.6 Å². The zero-order chi connectivity index (χ0) is 33.5. The van der Waals surface area contributed by atoms with E-state index >= 15 is 0 Å². The Morgan fingerprint density at radius 1 is 0.644 bits per heavy atom. The van der Waals surface area contributed by atoms with Crippen molar-refractivity contribution < 1.29 is 37.3 Å². The van der Waals surface area contributed by atoms with E-state index in [1.807, 2.05) is 0 Å². The average Bonchev–Trinajstić information content (AvgIpc) is 2.91. The second kappa shape index (κ2) is 15.5. The lowest BCUT2D eigenvalue weighted by Gasteiger charge is -2.25. The third-order valence-corrected chi connectivity index (χ3v) is 9.76. The summed E-state index contributed by atoms with van der Waals surface area (Å²) in [5.74, 6) is -0.110. The van der Waals surface area contributed by atoms with Crippen LogP contribution in [0.5, 0.6) is 0 Å². The van der Waals surface area contributed by atoms with Crippen molar-refractivity contribution in [1.82, 2.24) is 23.6 Å². The quantitative estimate of drug-likeness (QED) is 0.126. The van der Waals surface area contributed by atoms with Crippen LogP contribution in [0.1, 0.15) is 27.7 Å². The molecule has 0 amide bonds. The number of aliphatic hydroxyl groups excluding tert-OH is 4. The van der Waals surface area contributed by atoms with Crippen LogP contribution >= 0.6 is 11.6 Å². The van der Waals surface area contributed by atoms with Crippen LogP contribution in [0.3, 0.4) is 0 Å². The zero-order valence-electron chi connectivity index (χ0n) is 25.1. The molecule has 1 aromatic heterocycles. The Morgan fingerprint density at radius 2 is 0.978 bits per heavy atom. The Morgan fingerprint density at radius 3 is 1.29 bits per heavy atom. The van der Waals surface area contributed by atoms with E-state index in [9.17, 15) is 37.3 Å². The summed E-state index contributed by atoms with van der Waals surface area (Å²) in [5, 5.41) is 44.7. The number of sulfonamides is 2. The van der Waals surface area contributed by atoms with Crippen molar-refractivity contribution in [3.8, 4) is 0 Å². The third kappa shape index (κ3) is 10.5. The fourth-order valence-electron chi connectivity index (χ4n) is 4.21. The van der Waals surface area contributed by atoms with E-state index in [1.54, 1.807) is 12.1 Å². The van der Waals surface area contributed by atoms with E-state index in [4.69, 9.17) is 11.6 Å². The first-order chi connectivity index (χ1) is 21.0. The fraction of sp³-hybridized carbons (Fsp3) is 0.444. The van der Waals surface area contributed by atoms with Gasteiger partial charge in [0.25, 0.3) is 0 Å². The second-order valence-electron chi connectivity index (χ2n) is 10.6. The van der Waals surface area contributed by atoms with Crippen LogP contribution < -0.4 is 10.6 Å². The largest absolute Gasteiger partial charge is 0.392 e. The number of aromatic nitrogens is 3. The smallest absolute Gasteiger partial charge is 0.243 e. The van der Waals surface area contributed by atoms with E-state index in [-0.39, 0.29) is 64.5 Å². The van der Waals surface area contributed by atoms with Crippen LogP contribution in [0.2, 0.25) is 5.28 Å². The maximum atomic E-state index is 13.3. The predicted molar refractivity (Wildman–Crippen MR) is 169 cm³/mol. The Balaban J connectivity index is 1.87. The standard InChI is InChI=1S/C27H38ClN7O8S2/c1-17(36)13-34(14-18(2)37)44(40,41)23-9-5-7-21(11-23)29-26-31-25(28)32-27(33-26)30-22-8-6-10-24(12-22)45(42,43)35(15-19(3)38)16-20(4)39/h5-12,17-20,36-39H,13-16H2,1-4H3,(H2,29,30,31,32,33). The van der Waals surface area contributed by atoms with Gasteiger partial charge in [-0.3, -0.25) is 0 Å². The van der Waals surface area contributed by atoms with E-state index in [2.05, 4.69) is 25.6 Å². The fourth-order valence-corrected chi connectivity index (χ4v) is 7.66. The number of anilines is 4. The summed E-state index contributed by atoms with van der Waals surface area (Å²) in [6.45, 7) is 4.90. The van der Waals surface area contributed by atoms with Gasteiger partial charge in [0.15, 0.2) is 0 Å². The van der Waals surface area contributed by atoms with Gasteiger partial charge in [-0.1, -0.05) is 12.1 Å². The normalized spacial score (nSPS) is 15.1. The molecular formula is C27H38ClN7O8S2. The Kier molecular flexibility index (Phi) is 12.6. The highest BCUT2D eigenvalue weighted by atomic mass is 35.5. The molecule has 3 rings (SSSR count). The number of benzene rings is 2. The van der Waals surface area contributed by atoms with E-state index in [0.717, 1.165) is 8.61 Å². The molecule has 4 unspecified atom stereocenters. The van der Waals surface area contributed by atoms with Gasteiger partial charge in [0.2, 0.25) is 37.2 Å². The average molecular weight is 688 g/mol. The summed E-state index contributed by atoms with van der Waals surface area (Å²) >= 11 is 6.12. The van der Waals surface area contributed by atoms with Gasteiger partial charge >= 0.3 is 0 Å². The number of hydrogen-bond acceptors (Lipinski definition) is 13. The molecule has 3 aromatic rings. The molecule has 0 spiro atoms. The first kappa shape index (κ1) is 36.5. The van der Waals surface area contributed by atoms with Crippen LogP contribution in [-0.2, 0) is 20.0 Å². The van der Waals surface area contributed by atoms with Gasteiger partial charge < -0.3 is 31.1 Å². The molecule has 0 bridgehead atoms. The summed E-state index contributed by atoms with van der Waals surface area (Å²) in [7, 11) is -8.20. The molecule has 0 aliphatic carbocycles. The Hall–Kier alpha value is -3.00. The number of rotatable bonds is 16. The van der Waals surface area contributed by atoms with Crippen LogP contribution in [0.4, 0.5) is 23.3 Å². The van der Waals surface area contributed by atoms with Crippen LogP contribution in [-0.4, -0.2) is 111 Å². The van der Waals surface area contributed by atoms with Crippen molar-refractivity contribution in [2.24, 2.45) is 0 Å².